The van der Waals surface area contributed by atoms with E-state index in [1.807, 2.05) is 30.3 Å². The molecule has 0 spiro atoms. The van der Waals surface area contributed by atoms with Crippen molar-refractivity contribution in [1.82, 2.24) is 0 Å². The summed E-state index contributed by atoms with van der Waals surface area (Å²) in [4.78, 5) is 0. The van der Waals surface area contributed by atoms with Crippen molar-refractivity contribution in [3.63, 3.8) is 0 Å². The lowest BCUT2D eigenvalue weighted by atomic mass is 9.75. The first-order chi connectivity index (χ1) is 9.87. The molecule has 1 aliphatic rings. The lowest BCUT2D eigenvalue weighted by Gasteiger charge is -2.38. The molecule has 0 amide bonds. The predicted molar refractivity (Wildman–Crippen MR) is 89.9 cm³/mol. The average molecular weight is 308 g/mol. The minimum Gasteiger partial charge on any atom is -0.325 e. The van der Waals surface area contributed by atoms with Gasteiger partial charge in [0.15, 0.2) is 0 Å². The van der Waals surface area contributed by atoms with E-state index in [-0.39, 0.29) is 6.10 Å². The number of hydrogen-bond donors (Lipinski definition) is 0. The van der Waals surface area contributed by atoms with Crippen LogP contribution in [0.1, 0.15) is 45.6 Å². The molecule has 0 radical (unpaired) electrons. The molecule has 1 aromatic carbocycles. The zero-order valence-electron chi connectivity index (χ0n) is 13.8. The van der Waals surface area contributed by atoms with E-state index in [9.17, 15) is 4.57 Å². The van der Waals surface area contributed by atoms with E-state index in [0.717, 1.165) is 12.0 Å². The molecule has 0 unspecified atom stereocenters. The van der Waals surface area contributed by atoms with Crippen LogP contribution in [0.5, 0.6) is 0 Å². The Hall–Kier alpha value is -0.590. The van der Waals surface area contributed by atoms with Gasteiger partial charge in [0.25, 0.3) is 0 Å². The van der Waals surface area contributed by atoms with Crippen molar-refractivity contribution in [2.75, 3.05) is 6.66 Å². The largest absolute Gasteiger partial charge is 0.325 e. The van der Waals surface area contributed by atoms with Crippen LogP contribution in [0.3, 0.4) is 0 Å². The summed E-state index contributed by atoms with van der Waals surface area (Å²) in [5, 5.41) is 0. The van der Waals surface area contributed by atoms with Crippen molar-refractivity contribution in [2.45, 2.75) is 52.3 Å². The number of rotatable bonds is 5. The fourth-order valence-electron chi connectivity index (χ4n) is 3.47. The molecule has 4 atom stereocenters. The van der Waals surface area contributed by atoms with Gasteiger partial charge >= 0.3 is 0 Å². The van der Waals surface area contributed by atoms with E-state index in [1.165, 1.54) is 12.8 Å². The van der Waals surface area contributed by atoms with Crippen LogP contribution in [0.2, 0.25) is 0 Å². The summed E-state index contributed by atoms with van der Waals surface area (Å²) in [7, 11) is -2.59. The monoisotopic (exact) mass is 308 g/mol. The smallest absolute Gasteiger partial charge is 0.204 e. The van der Waals surface area contributed by atoms with Crippen LogP contribution in [0, 0.1) is 17.8 Å². The van der Waals surface area contributed by atoms with Crippen LogP contribution < -0.4 is 0 Å². The van der Waals surface area contributed by atoms with Crippen molar-refractivity contribution in [2.24, 2.45) is 17.8 Å². The number of hydrogen-bond acceptors (Lipinski definition) is 2. The second-order valence-corrected chi connectivity index (χ2v) is 9.68. The van der Waals surface area contributed by atoms with Gasteiger partial charge in [0.2, 0.25) is 7.37 Å². The van der Waals surface area contributed by atoms with E-state index < -0.39 is 7.37 Å². The normalized spacial score (nSPS) is 29.3. The summed E-state index contributed by atoms with van der Waals surface area (Å²) in [5.74, 6) is 1.83. The Kier molecular flexibility index (Phi) is 5.68. The highest BCUT2D eigenvalue weighted by Gasteiger charge is 2.35. The maximum atomic E-state index is 12.9. The Morgan fingerprint density at radius 3 is 2.52 bits per heavy atom. The van der Waals surface area contributed by atoms with E-state index in [1.54, 1.807) is 6.66 Å². The third-order valence-electron chi connectivity index (χ3n) is 4.63. The van der Waals surface area contributed by atoms with Gasteiger partial charge in [-0.25, -0.2) is 0 Å². The molecule has 21 heavy (non-hydrogen) atoms. The van der Waals surface area contributed by atoms with Gasteiger partial charge in [0, 0.05) is 12.8 Å². The van der Waals surface area contributed by atoms with Gasteiger partial charge in [0.1, 0.15) is 0 Å². The van der Waals surface area contributed by atoms with Crippen LogP contribution >= 0.6 is 7.37 Å². The second kappa shape index (κ2) is 7.11. The van der Waals surface area contributed by atoms with Crippen LogP contribution in [-0.4, -0.2) is 12.8 Å². The first-order valence-corrected chi connectivity index (χ1v) is 10.4. The summed E-state index contributed by atoms with van der Waals surface area (Å²) in [6, 6.07) is 10.0. The molecule has 0 N–H and O–H groups in total. The minimum atomic E-state index is -2.59. The average Bonchev–Trinajstić information content (AvgIpc) is 2.38. The van der Waals surface area contributed by atoms with Gasteiger partial charge in [-0.3, -0.25) is 4.57 Å². The molecule has 0 aliphatic heterocycles. The third kappa shape index (κ3) is 4.97. The molecular weight excluding hydrogens is 279 g/mol. The summed E-state index contributed by atoms with van der Waals surface area (Å²) >= 11 is 0. The molecule has 0 saturated heterocycles. The molecule has 1 aromatic rings. The van der Waals surface area contributed by atoms with Gasteiger partial charge in [-0.05, 0) is 36.2 Å². The topological polar surface area (TPSA) is 26.3 Å². The summed E-state index contributed by atoms with van der Waals surface area (Å²) in [5.41, 5.74) is 1.10. The fourth-order valence-corrected chi connectivity index (χ4v) is 5.24. The zero-order chi connectivity index (χ0) is 15.5. The third-order valence-corrected chi connectivity index (χ3v) is 6.29. The molecule has 2 nitrogen and oxygen atoms in total. The van der Waals surface area contributed by atoms with Gasteiger partial charge in [-0.15, -0.1) is 0 Å². The summed E-state index contributed by atoms with van der Waals surface area (Å²) < 4.78 is 19.1. The zero-order valence-corrected chi connectivity index (χ0v) is 14.7. The maximum absolute atomic E-state index is 12.9. The molecule has 1 aliphatic carbocycles. The molecule has 2 rings (SSSR count). The molecule has 0 heterocycles. The van der Waals surface area contributed by atoms with Crippen LogP contribution in [0.15, 0.2) is 30.3 Å². The fraction of sp³-hybridized carbons (Fsp3) is 0.667. The van der Waals surface area contributed by atoms with Crippen LogP contribution in [0.25, 0.3) is 0 Å². The summed E-state index contributed by atoms with van der Waals surface area (Å²) in [6.07, 6.45) is 4.23. The first kappa shape index (κ1) is 16.8. The Bertz CT molecular complexity index is 483. The van der Waals surface area contributed by atoms with Crippen molar-refractivity contribution in [1.29, 1.82) is 0 Å². The lowest BCUT2D eigenvalue weighted by molar-refractivity contribution is 0.0487. The minimum absolute atomic E-state index is 0.160. The highest BCUT2D eigenvalue weighted by atomic mass is 31.2. The van der Waals surface area contributed by atoms with Gasteiger partial charge < -0.3 is 4.52 Å². The van der Waals surface area contributed by atoms with Crippen molar-refractivity contribution >= 4 is 7.37 Å². The Labute approximate surface area is 129 Å². The van der Waals surface area contributed by atoms with E-state index in [4.69, 9.17) is 4.52 Å². The molecule has 0 aromatic heterocycles. The van der Waals surface area contributed by atoms with Crippen molar-refractivity contribution < 1.29 is 9.09 Å². The highest BCUT2D eigenvalue weighted by Crippen LogP contribution is 2.51. The standard InChI is InChI=1S/C18H29O2P/c1-14(2)17-11-10-15(3)12-18(17)20-21(4,19)13-16-8-6-5-7-9-16/h5-9,14-15,17-18H,10-13H2,1-4H3/t15-,17+,18-,21+/m1/s1. The Morgan fingerprint density at radius 2 is 1.90 bits per heavy atom. The molecule has 3 heteroatoms. The number of benzene rings is 1. The van der Waals surface area contributed by atoms with E-state index in [2.05, 4.69) is 20.8 Å². The second-order valence-electron chi connectivity index (χ2n) is 7.13. The molecule has 118 valence electrons. The summed E-state index contributed by atoms with van der Waals surface area (Å²) in [6.45, 7) is 8.60. The van der Waals surface area contributed by atoms with Crippen LogP contribution in [0.4, 0.5) is 0 Å². The maximum Gasteiger partial charge on any atom is 0.204 e. The highest BCUT2D eigenvalue weighted by molar-refractivity contribution is 7.57. The van der Waals surface area contributed by atoms with Crippen LogP contribution in [-0.2, 0) is 15.3 Å². The van der Waals surface area contributed by atoms with Crippen molar-refractivity contribution in [3.05, 3.63) is 35.9 Å². The lowest BCUT2D eigenvalue weighted by Crippen LogP contribution is -2.33. The van der Waals surface area contributed by atoms with E-state index in [0.29, 0.717) is 23.9 Å². The molecule has 0 bridgehead atoms. The predicted octanol–water partition coefficient (Wildman–Crippen LogP) is 5.57. The van der Waals surface area contributed by atoms with E-state index >= 15 is 0 Å². The molecule has 1 fully saturated rings. The molecule has 1 saturated carbocycles. The Morgan fingerprint density at radius 1 is 1.24 bits per heavy atom. The van der Waals surface area contributed by atoms with Gasteiger partial charge in [-0.2, -0.15) is 0 Å². The SMILES string of the molecule is CC(C)[C@@H]1CC[C@@H](C)C[C@H]1O[P@](C)(=O)Cc1ccccc1. The van der Waals surface area contributed by atoms with Gasteiger partial charge in [0.05, 0.1) is 6.10 Å². The van der Waals surface area contributed by atoms with Gasteiger partial charge in [-0.1, -0.05) is 57.5 Å². The van der Waals surface area contributed by atoms with Crippen molar-refractivity contribution in [3.8, 4) is 0 Å². The first-order valence-electron chi connectivity index (χ1n) is 8.16. The molecular formula is C18H29O2P. The Balaban J connectivity index is 2.04. The quantitative estimate of drug-likeness (QED) is 0.664.